The van der Waals surface area contributed by atoms with Crippen molar-refractivity contribution < 1.29 is 9.59 Å². The fraction of sp³-hybridized carbons (Fsp3) is 0.429. The maximum absolute atomic E-state index is 11.6. The van der Waals surface area contributed by atoms with E-state index in [-0.39, 0.29) is 11.8 Å². The van der Waals surface area contributed by atoms with Crippen molar-refractivity contribution in [1.82, 2.24) is 0 Å². The minimum absolute atomic E-state index is 0.0117. The van der Waals surface area contributed by atoms with Crippen LogP contribution in [0.25, 0.3) is 0 Å². The standard InChI is InChI=1S/C14H21N3O2/c1-9(2)8-13(18)16-11-4-6-12(7-5-11)17-14(19)10(3)15/h4-7,9-10H,8,15H2,1-3H3,(H,16,18)(H,17,19)/t10-/m0/s1. The van der Waals surface area contributed by atoms with E-state index in [9.17, 15) is 9.59 Å². The minimum Gasteiger partial charge on any atom is -0.326 e. The van der Waals surface area contributed by atoms with Gasteiger partial charge in [0.05, 0.1) is 6.04 Å². The monoisotopic (exact) mass is 263 g/mol. The van der Waals surface area contributed by atoms with E-state index in [1.807, 2.05) is 13.8 Å². The van der Waals surface area contributed by atoms with Gasteiger partial charge in [-0.1, -0.05) is 13.8 Å². The molecule has 5 nitrogen and oxygen atoms in total. The summed E-state index contributed by atoms with van der Waals surface area (Å²) in [5.74, 6) is 0.0727. The summed E-state index contributed by atoms with van der Waals surface area (Å²) in [5.41, 5.74) is 6.83. The zero-order chi connectivity index (χ0) is 14.4. The number of amides is 2. The van der Waals surface area contributed by atoms with Crippen molar-refractivity contribution in [3.05, 3.63) is 24.3 Å². The van der Waals surface area contributed by atoms with Crippen LogP contribution in [0, 0.1) is 5.92 Å². The average Bonchev–Trinajstić information content (AvgIpc) is 2.30. The van der Waals surface area contributed by atoms with E-state index in [4.69, 9.17) is 5.73 Å². The van der Waals surface area contributed by atoms with Gasteiger partial charge in [0.15, 0.2) is 0 Å². The molecule has 0 saturated carbocycles. The lowest BCUT2D eigenvalue weighted by atomic mass is 10.1. The highest BCUT2D eigenvalue weighted by molar-refractivity contribution is 5.95. The number of nitrogens with two attached hydrogens (primary N) is 1. The summed E-state index contributed by atoms with van der Waals surface area (Å²) in [6.07, 6.45) is 0.489. The zero-order valence-electron chi connectivity index (χ0n) is 11.6. The summed E-state index contributed by atoms with van der Waals surface area (Å²) in [5, 5.41) is 5.48. The van der Waals surface area contributed by atoms with Gasteiger partial charge in [0.2, 0.25) is 11.8 Å². The molecule has 1 atom stereocenters. The first-order valence-electron chi connectivity index (χ1n) is 6.35. The van der Waals surface area contributed by atoms with Crippen molar-refractivity contribution in [1.29, 1.82) is 0 Å². The van der Waals surface area contributed by atoms with Gasteiger partial charge in [0.1, 0.15) is 0 Å². The third-order valence-electron chi connectivity index (χ3n) is 2.44. The summed E-state index contributed by atoms with van der Waals surface area (Å²) >= 11 is 0. The maximum Gasteiger partial charge on any atom is 0.240 e. The number of hydrogen-bond acceptors (Lipinski definition) is 3. The van der Waals surface area contributed by atoms with Crippen LogP contribution in [0.1, 0.15) is 27.2 Å². The van der Waals surface area contributed by atoms with Gasteiger partial charge in [0.25, 0.3) is 0 Å². The second-order valence-electron chi connectivity index (χ2n) is 5.00. The molecule has 0 aliphatic heterocycles. The Morgan fingerprint density at radius 3 is 1.95 bits per heavy atom. The largest absolute Gasteiger partial charge is 0.326 e. The molecule has 0 aliphatic rings. The highest BCUT2D eigenvalue weighted by Gasteiger charge is 2.08. The van der Waals surface area contributed by atoms with E-state index in [1.54, 1.807) is 31.2 Å². The summed E-state index contributed by atoms with van der Waals surface area (Å²) in [6.45, 7) is 5.61. The van der Waals surface area contributed by atoms with E-state index in [2.05, 4.69) is 10.6 Å². The molecule has 1 aromatic rings. The fourth-order valence-electron chi connectivity index (χ4n) is 1.48. The first-order valence-corrected chi connectivity index (χ1v) is 6.35. The molecule has 0 saturated heterocycles. The molecule has 1 rings (SSSR count). The lowest BCUT2D eigenvalue weighted by Crippen LogP contribution is -2.32. The molecule has 0 spiro atoms. The van der Waals surface area contributed by atoms with Gasteiger partial charge in [-0.25, -0.2) is 0 Å². The molecule has 19 heavy (non-hydrogen) atoms. The molecule has 4 N–H and O–H groups in total. The van der Waals surface area contributed by atoms with Crippen LogP contribution in [-0.2, 0) is 9.59 Å². The molecule has 5 heteroatoms. The predicted octanol–water partition coefficient (Wildman–Crippen LogP) is 1.96. The van der Waals surface area contributed by atoms with Crippen LogP contribution in [0.3, 0.4) is 0 Å². The molecular formula is C14H21N3O2. The Hall–Kier alpha value is -1.88. The number of nitrogens with one attached hydrogen (secondary N) is 2. The van der Waals surface area contributed by atoms with Crippen LogP contribution in [0.15, 0.2) is 24.3 Å². The Labute approximate surface area is 113 Å². The SMILES string of the molecule is CC(C)CC(=O)Nc1ccc(NC(=O)[C@H](C)N)cc1. The Morgan fingerprint density at radius 1 is 1.05 bits per heavy atom. The summed E-state index contributed by atoms with van der Waals surface area (Å²) in [6, 6.07) is 6.39. The topological polar surface area (TPSA) is 84.2 Å². The smallest absolute Gasteiger partial charge is 0.240 e. The molecule has 0 heterocycles. The molecule has 0 bridgehead atoms. The second kappa shape index (κ2) is 6.89. The van der Waals surface area contributed by atoms with Gasteiger partial charge in [-0.05, 0) is 37.1 Å². The van der Waals surface area contributed by atoms with Crippen molar-refractivity contribution in [2.75, 3.05) is 10.6 Å². The third kappa shape index (κ3) is 5.52. The number of carbonyl (C=O) groups is 2. The first-order chi connectivity index (χ1) is 8.88. The van der Waals surface area contributed by atoms with E-state index >= 15 is 0 Å². The molecule has 0 unspecified atom stereocenters. The highest BCUT2D eigenvalue weighted by atomic mass is 16.2. The normalized spacial score (nSPS) is 12.1. The van der Waals surface area contributed by atoms with Gasteiger partial charge in [-0.2, -0.15) is 0 Å². The molecule has 104 valence electrons. The summed E-state index contributed by atoms with van der Waals surface area (Å²) < 4.78 is 0. The third-order valence-corrected chi connectivity index (χ3v) is 2.44. The Balaban J connectivity index is 2.57. The molecule has 2 amide bonds. The van der Waals surface area contributed by atoms with Gasteiger partial charge in [-0.3, -0.25) is 9.59 Å². The Morgan fingerprint density at radius 2 is 1.53 bits per heavy atom. The van der Waals surface area contributed by atoms with E-state index in [0.29, 0.717) is 23.7 Å². The van der Waals surface area contributed by atoms with E-state index < -0.39 is 6.04 Å². The predicted molar refractivity (Wildman–Crippen MR) is 76.8 cm³/mol. The molecule has 0 radical (unpaired) electrons. The Kier molecular flexibility index (Phi) is 5.51. The van der Waals surface area contributed by atoms with Crippen molar-refractivity contribution in [3.63, 3.8) is 0 Å². The van der Waals surface area contributed by atoms with Crippen molar-refractivity contribution in [3.8, 4) is 0 Å². The van der Waals surface area contributed by atoms with Crippen LogP contribution in [0.5, 0.6) is 0 Å². The summed E-state index contributed by atoms with van der Waals surface area (Å²) in [4.78, 5) is 23.0. The Bertz CT molecular complexity index is 439. The first kappa shape index (κ1) is 15.2. The van der Waals surface area contributed by atoms with Crippen molar-refractivity contribution in [2.45, 2.75) is 33.2 Å². The fourth-order valence-corrected chi connectivity index (χ4v) is 1.48. The van der Waals surface area contributed by atoms with Gasteiger partial charge >= 0.3 is 0 Å². The number of hydrogen-bond donors (Lipinski definition) is 3. The van der Waals surface area contributed by atoms with Gasteiger partial charge < -0.3 is 16.4 Å². The molecular weight excluding hydrogens is 242 g/mol. The van der Waals surface area contributed by atoms with Crippen LogP contribution in [-0.4, -0.2) is 17.9 Å². The second-order valence-corrected chi connectivity index (χ2v) is 5.00. The van der Waals surface area contributed by atoms with Crippen LogP contribution in [0.4, 0.5) is 11.4 Å². The summed E-state index contributed by atoms with van der Waals surface area (Å²) in [7, 11) is 0. The number of anilines is 2. The molecule has 0 fully saturated rings. The molecule has 0 aromatic heterocycles. The lowest BCUT2D eigenvalue weighted by Gasteiger charge is -2.10. The minimum atomic E-state index is -0.551. The quantitative estimate of drug-likeness (QED) is 0.759. The van der Waals surface area contributed by atoms with Crippen molar-refractivity contribution >= 4 is 23.2 Å². The van der Waals surface area contributed by atoms with E-state index in [0.717, 1.165) is 0 Å². The lowest BCUT2D eigenvalue weighted by molar-refractivity contribution is -0.117. The molecule has 0 aliphatic carbocycles. The number of carbonyl (C=O) groups excluding carboxylic acids is 2. The zero-order valence-corrected chi connectivity index (χ0v) is 11.6. The van der Waals surface area contributed by atoms with E-state index in [1.165, 1.54) is 0 Å². The van der Waals surface area contributed by atoms with Gasteiger partial charge in [-0.15, -0.1) is 0 Å². The number of benzene rings is 1. The van der Waals surface area contributed by atoms with Crippen LogP contribution >= 0.6 is 0 Å². The van der Waals surface area contributed by atoms with Crippen LogP contribution < -0.4 is 16.4 Å². The highest BCUT2D eigenvalue weighted by Crippen LogP contribution is 2.14. The van der Waals surface area contributed by atoms with Gasteiger partial charge in [0, 0.05) is 17.8 Å². The molecule has 1 aromatic carbocycles. The number of rotatable bonds is 5. The maximum atomic E-state index is 11.6. The van der Waals surface area contributed by atoms with Crippen molar-refractivity contribution in [2.24, 2.45) is 11.7 Å². The average molecular weight is 263 g/mol. The van der Waals surface area contributed by atoms with Crippen LogP contribution in [0.2, 0.25) is 0 Å².